The highest BCUT2D eigenvalue weighted by molar-refractivity contribution is 7.07. The zero-order chi connectivity index (χ0) is 14.1. The van der Waals surface area contributed by atoms with E-state index in [1.807, 2.05) is 18.2 Å². The molecule has 5 heteroatoms. The Labute approximate surface area is 122 Å². The van der Waals surface area contributed by atoms with Crippen molar-refractivity contribution >= 4 is 17.3 Å². The van der Waals surface area contributed by atoms with Crippen molar-refractivity contribution in [2.75, 3.05) is 0 Å². The van der Waals surface area contributed by atoms with Crippen LogP contribution in [-0.4, -0.2) is 15.1 Å². The Hall–Kier alpha value is -1.75. The first-order valence-corrected chi connectivity index (χ1v) is 7.55. The van der Waals surface area contributed by atoms with E-state index < -0.39 is 0 Å². The van der Waals surface area contributed by atoms with E-state index in [4.69, 9.17) is 4.74 Å². The van der Waals surface area contributed by atoms with E-state index in [-0.39, 0.29) is 5.78 Å². The molecule has 0 spiro atoms. The largest absolute Gasteiger partial charge is 0.430 e. The second-order valence-corrected chi connectivity index (χ2v) is 6.13. The molecule has 1 heterocycles. The van der Waals surface area contributed by atoms with Crippen molar-refractivity contribution in [3.63, 3.8) is 0 Å². The monoisotopic (exact) mass is 288 g/mol. The Bertz CT molecular complexity index is 649. The van der Waals surface area contributed by atoms with Crippen LogP contribution >= 0.6 is 11.5 Å². The standard InChI is InChI=1S/C15H16N2O2S/c1-9(2)7-14-16-15(20-17-14)19-11-4-5-12-10(8-11)3-6-13(12)18/h4-5,8-9H,3,6-7H2,1-2H3. The van der Waals surface area contributed by atoms with Gasteiger partial charge in [-0.25, -0.2) is 0 Å². The lowest BCUT2D eigenvalue weighted by molar-refractivity contribution is 0.0994. The number of hydrogen-bond donors (Lipinski definition) is 0. The third-order valence-corrected chi connectivity index (χ3v) is 3.88. The minimum absolute atomic E-state index is 0.224. The number of ketones is 1. The Morgan fingerprint density at radius 3 is 3.00 bits per heavy atom. The maximum Gasteiger partial charge on any atom is 0.298 e. The number of hydrogen-bond acceptors (Lipinski definition) is 5. The Morgan fingerprint density at radius 1 is 1.35 bits per heavy atom. The van der Waals surface area contributed by atoms with Gasteiger partial charge in [0.1, 0.15) is 11.6 Å². The van der Waals surface area contributed by atoms with Crippen LogP contribution in [0, 0.1) is 5.92 Å². The zero-order valence-corrected chi connectivity index (χ0v) is 12.4. The Balaban J connectivity index is 1.75. The minimum Gasteiger partial charge on any atom is -0.430 e. The molecular weight excluding hydrogens is 272 g/mol. The number of nitrogens with zero attached hydrogens (tertiary/aromatic N) is 2. The average Bonchev–Trinajstić information content (AvgIpc) is 2.97. The van der Waals surface area contributed by atoms with Crippen molar-refractivity contribution in [2.45, 2.75) is 33.1 Å². The van der Waals surface area contributed by atoms with E-state index in [9.17, 15) is 4.79 Å². The number of aromatic nitrogens is 2. The molecule has 0 saturated heterocycles. The summed E-state index contributed by atoms with van der Waals surface area (Å²) in [7, 11) is 0. The maximum absolute atomic E-state index is 11.6. The fourth-order valence-electron chi connectivity index (χ4n) is 2.32. The van der Waals surface area contributed by atoms with Crippen LogP contribution in [0.15, 0.2) is 18.2 Å². The van der Waals surface area contributed by atoms with Gasteiger partial charge in [0.05, 0.1) is 0 Å². The van der Waals surface area contributed by atoms with Gasteiger partial charge >= 0.3 is 0 Å². The molecule has 0 bridgehead atoms. The van der Waals surface area contributed by atoms with Gasteiger partial charge in [0.15, 0.2) is 5.78 Å². The van der Waals surface area contributed by atoms with E-state index in [0.717, 1.165) is 35.5 Å². The van der Waals surface area contributed by atoms with Gasteiger partial charge in [0, 0.05) is 29.9 Å². The summed E-state index contributed by atoms with van der Waals surface area (Å²) in [6.45, 7) is 4.28. The van der Waals surface area contributed by atoms with Gasteiger partial charge in [-0.05, 0) is 36.1 Å². The second kappa shape index (κ2) is 5.32. The molecule has 0 N–H and O–H groups in total. The summed E-state index contributed by atoms with van der Waals surface area (Å²) in [5.41, 5.74) is 1.90. The topological polar surface area (TPSA) is 52.1 Å². The molecule has 4 nitrogen and oxygen atoms in total. The van der Waals surface area contributed by atoms with Crippen LogP contribution in [-0.2, 0) is 12.8 Å². The van der Waals surface area contributed by atoms with Crippen LogP contribution in [0.1, 0.15) is 42.0 Å². The van der Waals surface area contributed by atoms with Crippen LogP contribution in [0.3, 0.4) is 0 Å². The van der Waals surface area contributed by atoms with Crippen LogP contribution in [0.4, 0.5) is 0 Å². The van der Waals surface area contributed by atoms with Crippen molar-refractivity contribution in [3.05, 3.63) is 35.2 Å². The molecule has 1 aromatic carbocycles. The first kappa shape index (κ1) is 13.2. The first-order chi connectivity index (χ1) is 9.61. The normalized spacial score (nSPS) is 13.8. The lowest BCUT2D eigenvalue weighted by Crippen LogP contribution is -1.96. The number of carbonyl (C=O) groups is 1. The number of ether oxygens (including phenoxy) is 1. The predicted octanol–water partition coefficient (Wildman–Crippen LogP) is 3.66. The first-order valence-electron chi connectivity index (χ1n) is 6.78. The molecule has 104 valence electrons. The second-order valence-electron chi connectivity index (χ2n) is 5.42. The van der Waals surface area contributed by atoms with Crippen LogP contribution < -0.4 is 4.74 Å². The van der Waals surface area contributed by atoms with Gasteiger partial charge in [0.2, 0.25) is 0 Å². The SMILES string of the molecule is CC(C)Cc1nsc(Oc2ccc3c(c2)CCC3=O)n1. The van der Waals surface area contributed by atoms with Crippen molar-refractivity contribution in [3.8, 4) is 10.9 Å². The van der Waals surface area contributed by atoms with E-state index >= 15 is 0 Å². The highest BCUT2D eigenvalue weighted by Crippen LogP contribution is 2.29. The number of rotatable bonds is 4. The summed E-state index contributed by atoms with van der Waals surface area (Å²) in [5.74, 6) is 2.31. The molecular formula is C15H16N2O2S. The summed E-state index contributed by atoms with van der Waals surface area (Å²) in [6, 6.07) is 5.60. The van der Waals surface area contributed by atoms with Crippen LogP contribution in [0.25, 0.3) is 0 Å². The summed E-state index contributed by atoms with van der Waals surface area (Å²) in [6.07, 6.45) is 2.27. The highest BCUT2D eigenvalue weighted by Gasteiger charge is 2.20. The van der Waals surface area contributed by atoms with E-state index in [1.165, 1.54) is 11.5 Å². The van der Waals surface area contributed by atoms with Crippen molar-refractivity contribution in [1.82, 2.24) is 9.36 Å². The molecule has 0 atom stereocenters. The minimum atomic E-state index is 0.224. The molecule has 0 unspecified atom stereocenters. The smallest absolute Gasteiger partial charge is 0.298 e. The highest BCUT2D eigenvalue weighted by atomic mass is 32.1. The quantitative estimate of drug-likeness (QED) is 0.861. The number of fused-ring (bicyclic) bond motifs is 1. The molecule has 3 rings (SSSR count). The van der Waals surface area contributed by atoms with Gasteiger partial charge < -0.3 is 4.74 Å². The van der Waals surface area contributed by atoms with Crippen molar-refractivity contribution in [2.24, 2.45) is 5.92 Å². The average molecular weight is 288 g/mol. The van der Waals surface area contributed by atoms with Crippen LogP contribution in [0.2, 0.25) is 0 Å². The molecule has 0 fully saturated rings. The summed E-state index contributed by atoms with van der Waals surface area (Å²) in [5, 5.41) is 0.560. The van der Waals surface area contributed by atoms with Gasteiger partial charge in [-0.2, -0.15) is 9.36 Å². The lowest BCUT2D eigenvalue weighted by Gasteiger charge is -2.03. The molecule has 1 aromatic heterocycles. The van der Waals surface area contributed by atoms with Gasteiger partial charge in [0.25, 0.3) is 5.19 Å². The third kappa shape index (κ3) is 2.72. The fourth-order valence-corrected chi connectivity index (χ4v) is 2.90. The molecule has 1 aliphatic rings. The zero-order valence-electron chi connectivity index (χ0n) is 11.5. The molecule has 0 amide bonds. The van der Waals surface area contributed by atoms with Gasteiger partial charge in [-0.1, -0.05) is 13.8 Å². The van der Waals surface area contributed by atoms with E-state index in [0.29, 0.717) is 17.5 Å². The van der Waals surface area contributed by atoms with E-state index in [2.05, 4.69) is 23.2 Å². The summed E-state index contributed by atoms with van der Waals surface area (Å²) >= 11 is 1.27. The van der Waals surface area contributed by atoms with Gasteiger partial charge in [-0.3, -0.25) is 4.79 Å². The number of Topliss-reactive ketones (excluding diaryl/α,β-unsaturated/α-hetero) is 1. The van der Waals surface area contributed by atoms with Gasteiger partial charge in [-0.15, -0.1) is 0 Å². The van der Waals surface area contributed by atoms with Crippen molar-refractivity contribution < 1.29 is 9.53 Å². The molecule has 20 heavy (non-hydrogen) atoms. The number of benzene rings is 1. The molecule has 0 aliphatic heterocycles. The lowest BCUT2D eigenvalue weighted by atomic mass is 10.1. The molecule has 2 aromatic rings. The molecule has 0 saturated carbocycles. The van der Waals surface area contributed by atoms with Crippen molar-refractivity contribution in [1.29, 1.82) is 0 Å². The Kier molecular flexibility index (Phi) is 3.53. The van der Waals surface area contributed by atoms with E-state index in [1.54, 1.807) is 0 Å². The number of carbonyl (C=O) groups excluding carboxylic acids is 1. The van der Waals surface area contributed by atoms with Crippen LogP contribution in [0.5, 0.6) is 10.9 Å². The number of aryl methyl sites for hydroxylation is 1. The summed E-state index contributed by atoms with van der Waals surface area (Å²) in [4.78, 5) is 16.0. The summed E-state index contributed by atoms with van der Waals surface area (Å²) < 4.78 is 10.0. The molecule has 1 aliphatic carbocycles. The third-order valence-electron chi connectivity index (χ3n) is 3.24. The fraction of sp³-hybridized carbons (Fsp3) is 0.400. The Morgan fingerprint density at radius 2 is 2.20 bits per heavy atom. The molecule has 0 radical (unpaired) electrons. The maximum atomic E-state index is 11.6. The predicted molar refractivity (Wildman–Crippen MR) is 77.6 cm³/mol.